The SMILES string of the molecule is COC(=O)CC(NC(=O)CC(NC(=O)CC(NC(=O)CC(N)[C@H]1O[C@@H]2OC(C)(C)O[C@@H]2[C@H]1OC)[C@H]1O[C@@H]2OC(C)(C)O[C@@H]2[C@H]1OC)[C@H]1O[C@@H]2OC(C)(C)O[C@@H]2[C@H]1OC)[C@H]1O[C@@H]2OC(C)(C)O[C@@H]2[C@H]1OC. The number of nitrogens with one attached hydrogen (secondary N) is 3. The molecular weight excluding hydrogens is 933 g/mol. The fraction of sp³-hybridized carbons (Fsp3) is 0.911. The van der Waals surface area contributed by atoms with E-state index in [4.69, 9.17) is 86.3 Å². The van der Waals surface area contributed by atoms with Gasteiger partial charge in [-0.2, -0.15) is 0 Å². The minimum absolute atomic E-state index is 0.269. The van der Waals surface area contributed by atoms with E-state index >= 15 is 0 Å². The van der Waals surface area contributed by atoms with Crippen molar-refractivity contribution in [1.29, 1.82) is 0 Å². The number of rotatable bonds is 19. The fourth-order valence-electron chi connectivity index (χ4n) is 10.9. The number of carbonyl (C=O) groups is 4. The average Bonchev–Trinajstić information content (AvgIpc) is 4.13. The van der Waals surface area contributed by atoms with Gasteiger partial charge in [-0.05, 0) is 55.4 Å². The fourth-order valence-corrected chi connectivity index (χ4v) is 10.9. The van der Waals surface area contributed by atoms with Crippen LogP contribution in [0.5, 0.6) is 0 Å². The molecule has 0 saturated carbocycles. The Labute approximate surface area is 406 Å². The summed E-state index contributed by atoms with van der Waals surface area (Å²) in [5.41, 5.74) is 6.64. The van der Waals surface area contributed by atoms with Gasteiger partial charge in [-0.25, -0.2) is 0 Å². The monoisotopic (exact) mass is 1000 g/mol. The predicted molar refractivity (Wildman–Crippen MR) is 232 cm³/mol. The summed E-state index contributed by atoms with van der Waals surface area (Å²) < 4.78 is 102. The van der Waals surface area contributed by atoms with Gasteiger partial charge in [0.1, 0.15) is 73.2 Å². The number of hydrogen-bond donors (Lipinski definition) is 4. The molecule has 0 radical (unpaired) electrons. The quantitative estimate of drug-likeness (QED) is 0.114. The van der Waals surface area contributed by atoms with Crippen molar-refractivity contribution < 1.29 is 99.7 Å². The molecule has 0 aromatic carbocycles. The van der Waals surface area contributed by atoms with Crippen molar-refractivity contribution in [2.75, 3.05) is 35.5 Å². The van der Waals surface area contributed by atoms with Gasteiger partial charge in [0, 0.05) is 53.7 Å². The molecule has 25 heteroatoms. The van der Waals surface area contributed by atoms with Crippen LogP contribution in [0.4, 0.5) is 0 Å². The van der Waals surface area contributed by atoms with Crippen LogP contribution in [0.25, 0.3) is 0 Å². The van der Waals surface area contributed by atoms with Crippen molar-refractivity contribution in [3.63, 3.8) is 0 Å². The van der Waals surface area contributed by atoms with E-state index in [0.717, 1.165) is 0 Å². The van der Waals surface area contributed by atoms with Crippen LogP contribution in [0.3, 0.4) is 0 Å². The highest BCUT2D eigenvalue weighted by Gasteiger charge is 2.61. The molecule has 0 spiro atoms. The summed E-state index contributed by atoms with van der Waals surface area (Å²) in [5.74, 6) is -6.35. The number of esters is 1. The van der Waals surface area contributed by atoms with Crippen LogP contribution in [0.15, 0.2) is 0 Å². The normalized spacial score (nSPS) is 40.9. The molecule has 0 aliphatic carbocycles. The lowest BCUT2D eigenvalue weighted by Gasteiger charge is -2.34. The van der Waals surface area contributed by atoms with E-state index in [2.05, 4.69) is 16.0 Å². The maximum atomic E-state index is 14.6. The molecule has 0 aromatic heterocycles. The molecule has 8 aliphatic heterocycles. The van der Waals surface area contributed by atoms with Gasteiger partial charge < -0.3 is 102 Å². The zero-order valence-electron chi connectivity index (χ0n) is 42.0. The molecule has 4 unspecified atom stereocenters. The van der Waals surface area contributed by atoms with Crippen molar-refractivity contribution in [1.82, 2.24) is 16.0 Å². The van der Waals surface area contributed by atoms with E-state index in [0.29, 0.717) is 0 Å². The van der Waals surface area contributed by atoms with Crippen molar-refractivity contribution in [3.8, 4) is 0 Å². The first-order valence-corrected chi connectivity index (χ1v) is 23.7. The molecule has 3 amide bonds. The van der Waals surface area contributed by atoms with E-state index in [1.807, 2.05) is 0 Å². The number of nitrogens with two attached hydrogens (primary N) is 1. The number of hydrogen-bond acceptors (Lipinski definition) is 22. The van der Waals surface area contributed by atoms with Gasteiger partial charge in [-0.15, -0.1) is 0 Å². The Bertz CT molecular complexity index is 1910. The number of methoxy groups -OCH3 is 5. The summed E-state index contributed by atoms with van der Waals surface area (Å²) in [5, 5.41) is 8.83. The summed E-state index contributed by atoms with van der Waals surface area (Å²) in [4.78, 5) is 56.0. The maximum Gasteiger partial charge on any atom is 0.307 e. The third-order valence-electron chi connectivity index (χ3n) is 13.7. The predicted octanol–water partition coefficient (Wildman–Crippen LogP) is -0.933. The Kier molecular flexibility index (Phi) is 15.7. The Hall–Kier alpha value is -2.80. The van der Waals surface area contributed by atoms with Crippen molar-refractivity contribution >= 4 is 23.7 Å². The summed E-state index contributed by atoms with van der Waals surface area (Å²) in [6.07, 6.45) is -14.3. The van der Waals surface area contributed by atoms with Crippen LogP contribution < -0.4 is 21.7 Å². The molecule has 8 rings (SSSR count). The topological polar surface area (TPSA) is 287 Å². The second-order valence-electron chi connectivity index (χ2n) is 20.7. The van der Waals surface area contributed by atoms with Crippen molar-refractivity contribution in [2.24, 2.45) is 5.73 Å². The first-order chi connectivity index (χ1) is 32.9. The van der Waals surface area contributed by atoms with E-state index in [9.17, 15) is 19.2 Å². The van der Waals surface area contributed by atoms with Crippen LogP contribution in [0.1, 0.15) is 81.1 Å². The van der Waals surface area contributed by atoms with Crippen LogP contribution in [-0.4, -0.2) is 205 Å². The highest BCUT2D eigenvalue weighted by molar-refractivity contribution is 5.82. The van der Waals surface area contributed by atoms with E-state index in [1.54, 1.807) is 55.4 Å². The van der Waals surface area contributed by atoms with Gasteiger partial charge in [-0.3, -0.25) is 19.2 Å². The number of fused-ring (bicyclic) bond motifs is 4. The zero-order chi connectivity index (χ0) is 50.8. The third kappa shape index (κ3) is 11.2. The molecule has 70 heavy (non-hydrogen) atoms. The lowest BCUT2D eigenvalue weighted by Crippen LogP contribution is -2.57. The summed E-state index contributed by atoms with van der Waals surface area (Å²) in [7, 11) is 7.10. The van der Waals surface area contributed by atoms with Gasteiger partial charge >= 0.3 is 5.97 Å². The Morgan fingerprint density at radius 3 is 1.00 bits per heavy atom. The van der Waals surface area contributed by atoms with Gasteiger partial charge in [0.2, 0.25) is 17.7 Å². The van der Waals surface area contributed by atoms with Gasteiger partial charge in [0.25, 0.3) is 0 Å². The maximum absolute atomic E-state index is 14.6. The Morgan fingerprint density at radius 1 is 0.429 bits per heavy atom. The highest BCUT2D eigenvalue weighted by Crippen LogP contribution is 2.44. The zero-order valence-corrected chi connectivity index (χ0v) is 42.0. The summed E-state index contributed by atoms with van der Waals surface area (Å²) in [6.45, 7) is 13.9. The second kappa shape index (κ2) is 20.5. The van der Waals surface area contributed by atoms with Gasteiger partial charge in [-0.1, -0.05) is 0 Å². The van der Waals surface area contributed by atoms with E-state index in [1.165, 1.54) is 35.5 Å². The van der Waals surface area contributed by atoms with E-state index < -0.39 is 182 Å². The lowest BCUT2D eigenvalue weighted by molar-refractivity contribution is -0.221. The molecule has 25 nitrogen and oxygen atoms in total. The number of amides is 3. The first-order valence-electron chi connectivity index (χ1n) is 23.7. The molecule has 8 saturated heterocycles. The lowest BCUT2D eigenvalue weighted by atomic mass is 9.96. The Balaban J connectivity index is 1.02. The van der Waals surface area contributed by atoms with Crippen LogP contribution >= 0.6 is 0 Å². The molecule has 0 bridgehead atoms. The Morgan fingerprint density at radius 2 is 0.700 bits per heavy atom. The summed E-state index contributed by atoms with van der Waals surface area (Å²) >= 11 is 0. The molecule has 8 fully saturated rings. The van der Waals surface area contributed by atoms with Gasteiger partial charge in [0.05, 0.1) is 31.7 Å². The molecule has 398 valence electrons. The smallest absolute Gasteiger partial charge is 0.307 e. The molecule has 20 atom stereocenters. The average molecular weight is 1010 g/mol. The van der Waals surface area contributed by atoms with Crippen LogP contribution in [0, 0.1) is 0 Å². The standard InChI is InChI=1S/C45H72N4O21/c1-42(2)63-34-30(55-10)26(59-38(34)67-42)18(46)14-22(50)47-19(27-31(56-11)35-39(60-27)68-43(3,4)64-35)15-23(51)48-20(28-32(57-12)36-40(61-28)69-44(5,6)65-36)16-24(52)49-21(17-25(53)54-9)29-33(58-13)37-41(62-29)70-45(7,8)66-37/h18-21,26-41H,14-17,46H2,1-13H3,(H,47,50)(H,48,51)(H,49,52)/t18?,19?,20?,21?,26-,27-,28-,29-,30+,31+,32+,33+,34-,35-,36-,37-,38-,39-,40-,41-/m1/s1. The molecule has 0 aromatic rings. The first kappa shape index (κ1) is 53.5. The van der Waals surface area contributed by atoms with Crippen molar-refractivity contribution in [3.05, 3.63) is 0 Å². The van der Waals surface area contributed by atoms with Crippen molar-refractivity contribution in [2.45, 2.75) is 227 Å². The molecule has 5 N–H and O–H groups in total. The molecular formula is C45H72N4O21. The minimum atomic E-state index is -1.13. The minimum Gasteiger partial charge on any atom is -0.469 e. The van der Waals surface area contributed by atoms with Crippen LogP contribution in [-0.2, 0) is 99.7 Å². The number of carbonyl (C=O) groups excluding carboxylic acids is 4. The van der Waals surface area contributed by atoms with Gasteiger partial charge in [0.15, 0.2) is 48.3 Å². The third-order valence-corrected chi connectivity index (χ3v) is 13.7. The molecule has 8 heterocycles. The molecule has 8 aliphatic rings. The second-order valence-corrected chi connectivity index (χ2v) is 20.7. The highest BCUT2D eigenvalue weighted by atomic mass is 16.9. The summed E-state index contributed by atoms with van der Waals surface area (Å²) in [6, 6.07) is -4.14. The van der Waals surface area contributed by atoms with E-state index in [-0.39, 0.29) is 12.8 Å². The number of ether oxygens (including phenoxy) is 17. The largest absolute Gasteiger partial charge is 0.469 e. The van der Waals surface area contributed by atoms with Crippen LogP contribution in [0.2, 0.25) is 0 Å².